The number of fused-ring (bicyclic) bond motifs is 18. The van der Waals surface area contributed by atoms with Crippen molar-refractivity contribution in [2.75, 3.05) is 9.80 Å². The van der Waals surface area contributed by atoms with E-state index in [0.29, 0.717) is 0 Å². The van der Waals surface area contributed by atoms with Crippen LogP contribution in [0, 0.1) is 0 Å². The van der Waals surface area contributed by atoms with E-state index >= 15 is 0 Å². The molecule has 0 radical (unpaired) electrons. The number of nitrogens with zero attached hydrogens (tertiary/aromatic N) is 2. The van der Waals surface area contributed by atoms with Crippen molar-refractivity contribution in [2.24, 2.45) is 0 Å². The van der Waals surface area contributed by atoms with Gasteiger partial charge in [0.1, 0.15) is 0 Å². The molecule has 2 heteroatoms. The lowest BCUT2D eigenvalue weighted by molar-refractivity contribution is 0.660. The first-order valence-electron chi connectivity index (χ1n) is 44.7. The monoisotopic (exact) mass is 1620 g/mol. The molecule has 0 unspecified atom stereocenters. The van der Waals surface area contributed by atoms with E-state index in [1.54, 1.807) is 0 Å². The minimum absolute atomic E-state index is 0.245. The Morgan fingerprint density at radius 2 is 0.477 bits per heavy atom. The molecule has 0 aromatic heterocycles. The molecule has 0 bridgehead atoms. The summed E-state index contributed by atoms with van der Waals surface area (Å²) < 4.78 is 0. The Kier molecular flexibility index (Phi) is 17.3. The fourth-order valence-corrected chi connectivity index (χ4v) is 21.9. The fraction of sp³-hybridized carbons (Fsp3) is 0.0317. The summed E-state index contributed by atoms with van der Waals surface area (Å²) in [5.74, 6) is 0. The maximum absolute atomic E-state index is 2.46. The second-order valence-electron chi connectivity index (χ2n) is 35.3. The normalized spacial score (nSPS) is 12.9. The van der Waals surface area contributed by atoms with Crippen molar-refractivity contribution in [1.82, 2.24) is 0 Å². The van der Waals surface area contributed by atoms with Gasteiger partial charge in [-0.25, -0.2) is 0 Å². The topological polar surface area (TPSA) is 6.48 Å². The summed E-state index contributed by atoms with van der Waals surface area (Å²) in [6.07, 6.45) is 0. The Hall–Kier alpha value is -16.3. The molecule has 23 aromatic carbocycles. The van der Waals surface area contributed by atoms with Crippen molar-refractivity contribution in [3.63, 3.8) is 0 Å². The molecule has 2 nitrogen and oxygen atoms in total. The van der Waals surface area contributed by atoms with Crippen LogP contribution < -0.4 is 9.80 Å². The Balaban J connectivity index is 0.585. The maximum atomic E-state index is 2.46. The number of hydrogen-bond donors (Lipinski definition) is 0. The highest BCUT2D eigenvalue weighted by Gasteiger charge is 2.46. The predicted octanol–water partition coefficient (Wildman–Crippen LogP) is 34.5. The Labute approximate surface area is 745 Å². The minimum atomic E-state index is -0.529. The van der Waals surface area contributed by atoms with Gasteiger partial charge in [-0.1, -0.05) is 390 Å². The van der Waals surface area contributed by atoms with Gasteiger partial charge in [-0.2, -0.15) is 0 Å². The van der Waals surface area contributed by atoms with Crippen molar-refractivity contribution < 1.29 is 0 Å². The molecule has 128 heavy (non-hydrogen) atoms. The van der Waals surface area contributed by atoms with E-state index in [9.17, 15) is 0 Å². The van der Waals surface area contributed by atoms with Gasteiger partial charge in [0.05, 0.1) is 5.41 Å². The van der Waals surface area contributed by atoms with Gasteiger partial charge in [0.25, 0.3) is 0 Å². The molecule has 0 spiro atoms. The second-order valence-corrected chi connectivity index (χ2v) is 35.3. The Morgan fingerprint density at radius 1 is 0.148 bits per heavy atom. The SMILES string of the molecule is CC1(C)c2cc(-c3ccccc3)ccc2-c2ccc(N(c3ccc(-c4cccc5c4ccc4ccccc45)cc3)c3ccc(-c4cccc5c4ccc4ccc(-c6cc(-c7ccc(N(c8ccc(-c9cccc%10c9ccc9ccccc9%10)cc8)c8ccc9c(c8)-c8ccccc8C9(c8ccccc8)c8ccccc8)cc7)c7ccc8ccccc8c7c6)cc45)cc3)cc21. The van der Waals surface area contributed by atoms with Crippen LogP contribution in [-0.2, 0) is 10.8 Å². The van der Waals surface area contributed by atoms with Crippen LogP contribution in [-0.4, -0.2) is 0 Å². The fourth-order valence-electron chi connectivity index (χ4n) is 21.9. The number of benzene rings is 23. The molecule has 598 valence electrons. The zero-order valence-corrected chi connectivity index (χ0v) is 70.9. The van der Waals surface area contributed by atoms with Crippen molar-refractivity contribution >= 4 is 120 Å². The number of hydrogen-bond acceptors (Lipinski definition) is 2. The Bertz CT molecular complexity index is 8380. The van der Waals surface area contributed by atoms with E-state index in [1.165, 1.54) is 186 Å². The van der Waals surface area contributed by atoms with Crippen LogP contribution in [0.1, 0.15) is 47.2 Å². The highest BCUT2D eigenvalue weighted by atomic mass is 15.1. The molecule has 2 aliphatic carbocycles. The van der Waals surface area contributed by atoms with E-state index in [4.69, 9.17) is 0 Å². The highest BCUT2D eigenvalue weighted by Crippen LogP contribution is 2.59. The number of anilines is 6. The molecule has 0 fully saturated rings. The van der Waals surface area contributed by atoms with Crippen LogP contribution in [0.25, 0.3) is 175 Å². The van der Waals surface area contributed by atoms with E-state index in [-0.39, 0.29) is 5.41 Å². The van der Waals surface area contributed by atoms with Crippen LogP contribution in [0.5, 0.6) is 0 Å². The summed E-state index contributed by atoms with van der Waals surface area (Å²) in [5, 5.41) is 19.8. The lowest BCUT2D eigenvalue weighted by Crippen LogP contribution is -2.28. The molecule has 0 saturated heterocycles. The van der Waals surface area contributed by atoms with Gasteiger partial charge in [0, 0.05) is 39.5 Å². The standard InChI is InChI=1S/C126H84N2/c1-125(2)123-78-91(81-23-6-3-7-24-81)57-72-115(123)116-73-66-100(80-124(116)125)128(97-60-47-86(48-61-97)104-37-21-40-108-102-33-16-13-26-83(102)54-69-111(104)108)98-62-49-87(50-63-98)105-38-22-41-109-112(105)70-56-88-43-44-90(75-117(88)109)92-76-118(113-71-55-84-27-14-17-34-106(84)119(113)77-92)89-51-64-96(65-52-89)127(95-58-45-85(46-59-95)103-36-20-39-107-101-32-15-12-25-82(101)53-68-110(103)107)99-67-74-122-120(79-99)114-35-18-19-42-121(114)126(122,93-28-8-4-9-29-93)94-30-10-5-11-31-94/h3-80H,1-2H3. The quantitative estimate of drug-likeness (QED) is 0.100. The molecule has 2 aliphatic rings. The Morgan fingerprint density at radius 3 is 0.992 bits per heavy atom. The van der Waals surface area contributed by atoms with Gasteiger partial charge >= 0.3 is 0 Å². The largest absolute Gasteiger partial charge is 0.310 e. The van der Waals surface area contributed by atoms with Crippen LogP contribution in [0.15, 0.2) is 473 Å². The molecule has 0 atom stereocenters. The summed E-state index contributed by atoms with van der Waals surface area (Å²) in [7, 11) is 0. The smallest absolute Gasteiger partial charge is 0.0713 e. The lowest BCUT2D eigenvalue weighted by atomic mass is 9.68. The van der Waals surface area contributed by atoms with Gasteiger partial charge in [-0.05, 0) is 306 Å². The van der Waals surface area contributed by atoms with E-state index < -0.39 is 5.41 Å². The zero-order valence-electron chi connectivity index (χ0n) is 70.9. The van der Waals surface area contributed by atoms with Crippen molar-refractivity contribution in [1.29, 1.82) is 0 Å². The summed E-state index contributed by atoms with van der Waals surface area (Å²) in [5.41, 5.74) is 32.8. The van der Waals surface area contributed by atoms with Crippen LogP contribution in [0.4, 0.5) is 34.1 Å². The minimum Gasteiger partial charge on any atom is -0.310 e. The van der Waals surface area contributed by atoms with E-state index in [0.717, 1.165) is 56.4 Å². The predicted molar refractivity (Wildman–Crippen MR) is 543 cm³/mol. The average molecular weight is 1630 g/mol. The first-order valence-corrected chi connectivity index (χ1v) is 44.7. The highest BCUT2D eigenvalue weighted by molar-refractivity contribution is 6.18. The summed E-state index contributed by atoms with van der Waals surface area (Å²) in [6, 6.07) is 178. The maximum Gasteiger partial charge on any atom is 0.0713 e. The van der Waals surface area contributed by atoms with Crippen molar-refractivity contribution in [2.45, 2.75) is 24.7 Å². The van der Waals surface area contributed by atoms with Gasteiger partial charge in [0.2, 0.25) is 0 Å². The first kappa shape index (κ1) is 74.4. The third kappa shape index (κ3) is 11.9. The molecule has 0 N–H and O–H groups in total. The molecule has 25 rings (SSSR count). The van der Waals surface area contributed by atoms with E-state index in [1.807, 2.05) is 0 Å². The van der Waals surface area contributed by atoms with Crippen LogP contribution in [0.2, 0.25) is 0 Å². The van der Waals surface area contributed by atoms with Gasteiger partial charge in [-0.3, -0.25) is 0 Å². The molecule has 0 saturated carbocycles. The average Bonchev–Trinajstić information content (AvgIpc) is 1.53. The third-order valence-corrected chi connectivity index (χ3v) is 28.1. The third-order valence-electron chi connectivity index (χ3n) is 28.1. The van der Waals surface area contributed by atoms with Crippen LogP contribution >= 0.6 is 0 Å². The molecule has 23 aromatic rings. The van der Waals surface area contributed by atoms with Gasteiger partial charge in [0.15, 0.2) is 0 Å². The molecule has 0 amide bonds. The first-order chi connectivity index (χ1) is 63.2. The molecule has 0 aliphatic heterocycles. The van der Waals surface area contributed by atoms with Gasteiger partial charge < -0.3 is 9.80 Å². The molecular weight excluding hydrogens is 1540 g/mol. The number of rotatable bonds is 14. The van der Waals surface area contributed by atoms with E-state index in [2.05, 4.69) is 497 Å². The zero-order chi connectivity index (χ0) is 84.7. The molecule has 0 heterocycles. The summed E-state index contributed by atoms with van der Waals surface area (Å²) in [4.78, 5) is 4.91. The van der Waals surface area contributed by atoms with Crippen molar-refractivity contribution in [3.8, 4) is 89.0 Å². The lowest BCUT2D eigenvalue weighted by Gasteiger charge is -2.34. The second kappa shape index (κ2) is 29.7. The van der Waals surface area contributed by atoms with Gasteiger partial charge in [-0.15, -0.1) is 0 Å². The van der Waals surface area contributed by atoms with Crippen molar-refractivity contribution in [3.05, 3.63) is 507 Å². The molecular formula is C126H84N2. The van der Waals surface area contributed by atoms with Crippen LogP contribution in [0.3, 0.4) is 0 Å². The summed E-state index contributed by atoms with van der Waals surface area (Å²) >= 11 is 0. The summed E-state index contributed by atoms with van der Waals surface area (Å²) in [6.45, 7) is 4.79.